The van der Waals surface area contributed by atoms with Gasteiger partial charge in [-0.15, -0.1) is 0 Å². The highest BCUT2D eigenvalue weighted by Crippen LogP contribution is 2.28. The first-order valence-corrected chi connectivity index (χ1v) is 4.51. The summed E-state index contributed by atoms with van der Waals surface area (Å²) in [6, 6.07) is 6.04. The third-order valence-electron chi connectivity index (χ3n) is 2.26. The quantitative estimate of drug-likeness (QED) is 0.600. The summed E-state index contributed by atoms with van der Waals surface area (Å²) in [5, 5.41) is 0.798. The van der Waals surface area contributed by atoms with E-state index >= 15 is 0 Å². The Morgan fingerprint density at radius 1 is 1.50 bits per heavy atom. The van der Waals surface area contributed by atoms with Crippen LogP contribution < -0.4 is 0 Å². The normalized spacial score (nSPS) is 22.0. The number of ether oxygens (including phenoxy) is 1. The predicted octanol–water partition coefficient (Wildman–Crippen LogP) is 2.97. The molecule has 0 saturated heterocycles. The van der Waals surface area contributed by atoms with E-state index in [-0.39, 0.29) is 0 Å². The van der Waals surface area contributed by atoms with Gasteiger partial charge in [0.25, 0.3) is 0 Å². The monoisotopic (exact) mass is 182 g/mol. The van der Waals surface area contributed by atoms with Gasteiger partial charge in [-0.3, -0.25) is 0 Å². The van der Waals surface area contributed by atoms with Crippen LogP contribution in [0.25, 0.3) is 0 Å². The van der Waals surface area contributed by atoms with Crippen LogP contribution in [0.5, 0.6) is 0 Å². The lowest BCUT2D eigenvalue weighted by molar-refractivity contribution is 0.0951. The van der Waals surface area contributed by atoms with Crippen LogP contribution in [-0.4, -0.2) is 6.61 Å². The minimum absolute atomic E-state index is 0.506. The van der Waals surface area contributed by atoms with Crippen LogP contribution >= 0.6 is 11.6 Å². The number of fused-ring (bicyclic) bond motifs is 1. The summed E-state index contributed by atoms with van der Waals surface area (Å²) in [6.07, 6.45) is 0. The van der Waals surface area contributed by atoms with E-state index < -0.39 is 0 Å². The lowest BCUT2D eigenvalue weighted by Gasteiger charge is -2.22. The molecule has 0 N–H and O–H groups in total. The van der Waals surface area contributed by atoms with Crippen LogP contribution in [0.1, 0.15) is 24.0 Å². The van der Waals surface area contributed by atoms with Crippen LogP contribution in [0.4, 0.5) is 0 Å². The van der Waals surface area contributed by atoms with E-state index in [0.717, 1.165) is 11.6 Å². The second-order valence-corrected chi connectivity index (χ2v) is 3.70. The van der Waals surface area contributed by atoms with E-state index in [1.54, 1.807) is 0 Å². The predicted molar refractivity (Wildman–Crippen MR) is 49.5 cm³/mol. The maximum Gasteiger partial charge on any atom is 0.0720 e. The first-order valence-electron chi connectivity index (χ1n) is 4.13. The molecular formula is C10H11ClO. The standard InChI is InChI=1S/C10H11ClO/c1-7-5-12-6-8-4-9(11)2-3-10(7)8/h2-4,7H,5-6H2,1H3/t7-/m1/s1. The van der Waals surface area contributed by atoms with Crippen molar-refractivity contribution in [3.8, 4) is 0 Å². The summed E-state index contributed by atoms with van der Waals surface area (Å²) in [5.41, 5.74) is 2.62. The van der Waals surface area contributed by atoms with Crippen molar-refractivity contribution < 1.29 is 4.74 Å². The molecule has 1 aromatic carbocycles. The first-order chi connectivity index (χ1) is 5.77. The third kappa shape index (κ3) is 1.35. The van der Waals surface area contributed by atoms with Gasteiger partial charge < -0.3 is 4.74 Å². The van der Waals surface area contributed by atoms with Crippen molar-refractivity contribution in [1.29, 1.82) is 0 Å². The molecule has 0 saturated carbocycles. The number of hydrogen-bond acceptors (Lipinski definition) is 1. The Balaban J connectivity index is 2.46. The molecule has 0 bridgehead atoms. The van der Waals surface area contributed by atoms with Gasteiger partial charge in [-0.25, -0.2) is 0 Å². The molecule has 1 atom stereocenters. The lowest BCUT2D eigenvalue weighted by Crippen LogP contribution is -2.13. The number of rotatable bonds is 0. The summed E-state index contributed by atoms with van der Waals surface area (Å²) in [6.45, 7) is 3.71. The van der Waals surface area contributed by atoms with Crippen molar-refractivity contribution in [2.75, 3.05) is 6.61 Å². The zero-order valence-corrected chi connectivity index (χ0v) is 7.77. The maximum absolute atomic E-state index is 5.87. The highest BCUT2D eigenvalue weighted by Gasteiger charge is 2.16. The van der Waals surface area contributed by atoms with Gasteiger partial charge in [-0.1, -0.05) is 24.6 Å². The zero-order valence-electron chi connectivity index (χ0n) is 7.01. The van der Waals surface area contributed by atoms with E-state index in [0.29, 0.717) is 12.5 Å². The lowest BCUT2D eigenvalue weighted by atomic mass is 9.95. The fraction of sp³-hybridized carbons (Fsp3) is 0.400. The fourth-order valence-corrected chi connectivity index (χ4v) is 1.81. The average molecular weight is 183 g/mol. The molecule has 0 amide bonds. The van der Waals surface area contributed by atoms with Crippen molar-refractivity contribution in [1.82, 2.24) is 0 Å². The summed E-state index contributed by atoms with van der Waals surface area (Å²) in [4.78, 5) is 0. The Morgan fingerprint density at radius 2 is 2.33 bits per heavy atom. The smallest absolute Gasteiger partial charge is 0.0720 e. The van der Waals surface area contributed by atoms with Gasteiger partial charge in [0.15, 0.2) is 0 Å². The zero-order chi connectivity index (χ0) is 8.55. The number of hydrogen-bond donors (Lipinski definition) is 0. The molecule has 0 radical (unpaired) electrons. The van der Waals surface area contributed by atoms with Crippen molar-refractivity contribution in [2.45, 2.75) is 19.4 Å². The first kappa shape index (κ1) is 8.09. The Labute approximate surface area is 77.3 Å². The summed E-state index contributed by atoms with van der Waals surface area (Å²) in [5.74, 6) is 0.506. The molecule has 0 aliphatic carbocycles. The summed E-state index contributed by atoms with van der Waals surface area (Å²) >= 11 is 5.87. The Hall–Kier alpha value is -0.530. The van der Waals surface area contributed by atoms with E-state index in [1.165, 1.54) is 11.1 Å². The largest absolute Gasteiger partial charge is 0.376 e. The maximum atomic E-state index is 5.87. The van der Waals surface area contributed by atoms with E-state index in [1.807, 2.05) is 12.1 Å². The highest BCUT2D eigenvalue weighted by atomic mass is 35.5. The number of benzene rings is 1. The molecule has 0 fully saturated rings. The molecule has 0 unspecified atom stereocenters. The second kappa shape index (κ2) is 3.08. The van der Waals surface area contributed by atoms with E-state index in [9.17, 15) is 0 Å². The minimum Gasteiger partial charge on any atom is -0.376 e. The minimum atomic E-state index is 0.506. The topological polar surface area (TPSA) is 9.23 Å². The van der Waals surface area contributed by atoms with Crippen molar-refractivity contribution in [2.24, 2.45) is 0 Å². The fourth-order valence-electron chi connectivity index (χ4n) is 1.62. The molecule has 1 aliphatic heterocycles. The Bertz CT molecular complexity index is 296. The Kier molecular flexibility index (Phi) is 2.07. The molecule has 2 heteroatoms. The van der Waals surface area contributed by atoms with Crippen LogP contribution in [0.15, 0.2) is 18.2 Å². The molecule has 1 aliphatic rings. The van der Waals surface area contributed by atoms with Gasteiger partial charge in [-0.05, 0) is 23.3 Å². The molecule has 0 aromatic heterocycles. The van der Waals surface area contributed by atoms with Crippen molar-refractivity contribution in [3.05, 3.63) is 34.3 Å². The molecule has 1 nitrogen and oxygen atoms in total. The third-order valence-corrected chi connectivity index (χ3v) is 2.50. The molecule has 1 heterocycles. The summed E-state index contributed by atoms with van der Waals surface area (Å²) < 4.78 is 5.40. The van der Waals surface area contributed by atoms with Gasteiger partial charge in [0, 0.05) is 10.9 Å². The SMILES string of the molecule is C[C@@H]1COCc2cc(Cl)ccc21. The highest BCUT2D eigenvalue weighted by molar-refractivity contribution is 6.30. The van der Waals surface area contributed by atoms with E-state index in [2.05, 4.69) is 13.0 Å². The van der Waals surface area contributed by atoms with Gasteiger partial charge >= 0.3 is 0 Å². The molecule has 1 aromatic rings. The van der Waals surface area contributed by atoms with Gasteiger partial charge in [-0.2, -0.15) is 0 Å². The molecule has 0 spiro atoms. The van der Waals surface area contributed by atoms with E-state index in [4.69, 9.17) is 16.3 Å². The average Bonchev–Trinajstić information content (AvgIpc) is 2.04. The van der Waals surface area contributed by atoms with Crippen LogP contribution in [-0.2, 0) is 11.3 Å². The van der Waals surface area contributed by atoms with Crippen LogP contribution in [0.2, 0.25) is 5.02 Å². The number of halogens is 1. The van der Waals surface area contributed by atoms with Gasteiger partial charge in [0.05, 0.1) is 13.2 Å². The molecule has 64 valence electrons. The Morgan fingerprint density at radius 3 is 3.17 bits per heavy atom. The van der Waals surface area contributed by atoms with Crippen molar-refractivity contribution in [3.63, 3.8) is 0 Å². The molecule has 2 rings (SSSR count). The van der Waals surface area contributed by atoms with Gasteiger partial charge in [0.2, 0.25) is 0 Å². The van der Waals surface area contributed by atoms with Gasteiger partial charge in [0.1, 0.15) is 0 Å². The van der Waals surface area contributed by atoms with Crippen molar-refractivity contribution >= 4 is 11.6 Å². The van der Waals surface area contributed by atoms with Crippen LogP contribution in [0, 0.1) is 0 Å². The summed E-state index contributed by atoms with van der Waals surface area (Å²) in [7, 11) is 0. The second-order valence-electron chi connectivity index (χ2n) is 3.26. The molecule has 12 heavy (non-hydrogen) atoms. The molecular weight excluding hydrogens is 172 g/mol. The van der Waals surface area contributed by atoms with Crippen LogP contribution in [0.3, 0.4) is 0 Å².